The number of hydrogen-bond donors (Lipinski definition) is 3. The normalized spacial score (nSPS) is 22.1. The number of carboxylic acid groups (broad SMARTS) is 1. The third-order valence-electron chi connectivity index (χ3n) is 2.99. The fourth-order valence-corrected chi connectivity index (χ4v) is 5.19. The van der Waals surface area contributed by atoms with Crippen LogP contribution in [0, 0.1) is 0 Å². The minimum Gasteiger partial charge on any atom is -0.479 e. The average Bonchev–Trinajstić information content (AvgIpc) is 3.08. The molecule has 1 amide bonds. The number of rotatable bonds is 6. The lowest BCUT2D eigenvalue weighted by molar-refractivity contribution is -0.146. The molecule has 10 heteroatoms. The van der Waals surface area contributed by atoms with Crippen molar-refractivity contribution in [3.63, 3.8) is 0 Å². The number of aliphatic carboxylic acids is 1. The van der Waals surface area contributed by atoms with Crippen molar-refractivity contribution in [3.05, 3.63) is 17.5 Å². The van der Waals surface area contributed by atoms with Gasteiger partial charge in [0.15, 0.2) is 0 Å². The van der Waals surface area contributed by atoms with Crippen molar-refractivity contribution in [2.75, 3.05) is 18.1 Å². The average molecular weight is 350 g/mol. The van der Waals surface area contributed by atoms with Crippen molar-refractivity contribution >= 4 is 45.0 Å². The maximum absolute atomic E-state index is 11.8. The van der Waals surface area contributed by atoms with E-state index in [1.165, 1.54) is 17.8 Å². The molecule has 0 aromatic carbocycles. The van der Waals surface area contributed by atoms with E-state index >= 15 is 0 Å². The van der Waals surface area contributed by atoms with Crippen LogP contribution in [0.4, 0.5) is 0 Å². The summed E-state index contributed by atoms with van der Waals surface area (Å²) in [6.07, 6.45) is 0.330. The van der Waals surface area contributed by atoms with Gasteiger partial charge in [0.1, 0.15) is 9.75 Å². The molecule has 7 nitrogen and oxygen atoms in total. The molecule has 0 saturated carbocycles. The molecule has 0 radical (unpaired) electrons. The van der Waals surface area contributed by atoms with E-state index in [1.807, 2.05) is 0 Å². The van der Waals surface area contributed by atoms with Crippen LogP contribution < -0.4 is 10.0 Å². The summed E-state index contributed by atoms with van der Waals surface area (Å²) in [5.41, 5.74) is -1.30. The van der Waals surface area contributed by atoms with Gasteiger partial charge in [0.05, 0.1) is 6.54 Å². The summed E-state index contributed by atoms with van der Waals surface area (Å²) >= 11 is 2.48. The fourth-order valence-electron chi connectivity index (χ4n) is 1.84. The Hall–Kier alpha value is -1.10. The Labute approximate surface area is 130 Å². The second-order valence-corrected chi connectivity index (χ2v) is 8.54. The molecule has 116 valence electrons. The number of amides is 1. The van der Waals surface area contributed by atoms with E-state index in [1.54, 1.807) is 11.4 Å². The van der Waals surface area contributed by atoms with Gasteiger partial charge >= 0.3 is 5.97 Å². The highest BCUT2D eigenvalue weighted by Gasteiger charge is 2.43. The van der Waals surface area contributed by atoms with Crippen LogP contribution in [0.2, 0.25) is 0 Å². The van der Waals surface area contributed by atoms with Crippen LogP contribution in [0.15, 0.2) is 21.7 Å². The molecule has 1 aromatic heterocycles. The second-order valence-electron chi connectivity index (χ2n) is 4.49. The zero-order chi connectivity index (χ0) is 15.5. The molecule has 1 atom stereocenters. The maximum atomic E-state index is 11.8. The Morgan fingerprint density at radius 1 is 1.43 bits per heavy atom. The van der Waals surface area contributed by atoms with Crippen molar-refractivity contribution in [2.45, 2.75) is 16.2 Å². The monoisotopic (exact) mass is 350 g/mol. The molecule has 1 fully saturated rings. The number of thioether (sulfide) groups is 1. The summed E-state index contributed by atoms with van der Waals surface area (Å²) in [6.45, 7) is -0.486. The molecule has 21 heavy (non-hydrogen) atoms. The molecule has 0 spiro atoms. The number of carbonyl (C=O) groups is 2. The number of sulfonamides is 1. The number of hydrogen-bond acceptors (Lipinski definition) is 6. The van der Waals surface area contributed by atoms with Crippen molar-refractivity contribution in [2.24, 2.45) is 0 Å². The largest absolute Gasteiger partial charge is 0.479 e. The van der Waals surface area contributed by atoms with Crippen LogP contribution in [-0.4, -0.2) is 49.0 Å². The van der Waals surface area contributed by atoms with Gasteiger partial charge in [-0.1, -0.05) is 6.07 Å². The van der Waals surface area contributed by atoms with E-state index in [0.717, 1.165) is 11.3 Å². The van der Waals surface area contributed by atoms with Gasteiger partial charge in [-0.15, -0.1) is 11.3 Å². The van der Waals surface area contributed by atoms with Gasteiger partial charge in [0.25, 0.3) is 10.0 Å². The topological polar surface area (TPSA) is 113 Å². The predicted octanol–water partition coefficient (Wildman–Crippen LogP) is 0.103. The zero-order valence-corrected chi connectivity index (χ0v) is 13.3. The highest BCUT2D eigenvalue weighted by atomic mass is 32.2. The van der Waals surface area contributed by atoms with Crippen LogP contribution in [-0.2, 0) is 19.6 Å². The lowest BCUT2D eigenvalue weighted by Crippen LogP contribution is -2.56. The van der Waals surface area contributed by atoms with Crippen LogP contribution in [0.5, 0.6) is 0 Å². The highest BCUT2D eigenvalue weighted by molar-refractivity contribution is 7.99. The zero-order valence-electron chi connectivity index (χ0n) is 10.9. The molecule has 1 saturated heterocycles. The van der Waals surface area contributed by atoms with Crippen LogP contribution in [0.3, 0.4) is 0 Å². The number of carboxylic acids is 1. The molecule has 1 aliphatic rings. The summed E-state index contributed by atoms with van der Waals surface area (Å²) in [7, 11) is -3.73. The number of nitrogens with one attached hydrogen (secondary N) is 2. The van der Waals surface area contributed by atoms with Gasteiger partial charge in [-0.2, -0.15) is 11.8 Å². The molecule has 0 aliphatic carbocycles. The number of thiophene rings is 1. The first kappa shape index (κ1) is 16.3. The first-order chi connectivity index (χ1) is 9.86. The fraction of sp³-hybridized carbons (Fsp3) is 0.455. The van der Waals surface area contributed by atoms with Crippen molar-refractivity contribution in [1.82, 2.24) is 10.0 Å². The SMILES string of the molecule is O=C(CNS(=O)(=O)c1cccs1)NC1(C(=O)O)CCSC1. The Bertz CT molecular complexity index is 620. The van der Waals surface area contributed by atoms with E-state index in [4.69, 9.17) is 0 Å². The Balaban J connectivity index is 1.95. The maximum Gasteiger partial charge on any atom is 0.330 e. The minimum atomic E-state index is -3.73. The molecular weight excluding hydrogens is 336 g/mol. The molecule has 1 aliphatic heterocycles. The first-order valence-electron chi connectivity index (χ1n) is 6.01. The highest BCUT2D eigenvalue weighted by Crippen LogP contribution is 2.28. The quantitative estimate of drug-likeness (QED) is 0.671. The third-order valence-corrected chi connectivity index (χ3v) is 6.98. The summed E-state index contributed by atoms with van der Waals surface area (Å²) < 4.78 is 26.0. The first-order valence-corrected chi connectivity index (χ1v) is 9.53. The Morgan fingerprint density at radius 3 is 2.71 bits per heavy atom. The van der Waals surface area contributed by atoms with E-state index in [9.17, 15) is 23.1 Å². The molecule has 2 heterocycles. The molecule has 0 bridgehead atoms. The van der Waals surface area contributed by atoms with Gasteiger partial charge < -0.3 is 10.4 Å². The van der Waals surface area contributed by atoms with Gasteiger partial charge in [0, 0.05) is 5.75 Å². The standard InChI is InChI=1S/C11H14N2O5S3/c14-8(13-11(10(15)16)3-5-19-7-11)6-12-21(17,18)9-2-1-4-20-9/h1-2,4,12H,3,5-7H2,(H,13,14)(H,15,16). The van der Waals surface area contributed by atoms with Crippen LogP contribution in [0.1, 0.15) is 6.42 Å². The van der Waals surface area contributed by atoms with Gasteiger partial charge in [-0.25, -0.2) is 17.9 Å². The number of carbonyl (C=O) groups excluding carboxylic acids is 1. The minimum absolute atomic E-state index is 0.111. The van der Waals surface area contributed by atoms with Gasteiger partial charge in [0.2, 0.25) is 5.91 Å². The van der Waals surface area contributed by atoms with E-state index in [0.29, 0.717) is 12.2 Å². The predicted molar refractivity (Wildman–Crippen MR) is 80.0 cm³/mol. The van der Waals surface area contributed by atoms with E-state index < -0.39 is 34.0 Å². The van der Waals surface area contributed by atoms with Gasteiger partial charge in [-0.05, 0) is 23.6 Å². The molecule has 1 unspecified atom stereocenters. The van der Waals surface area contributed by atoms with Crippen molar-refractivity contribution in [3.8, 4) is 0 Å². The summed E-state index contributed by atoms with van der Waals surface area (Å²) in [5, 5.41) is 13.3. The summed E-state index contributed by atoms with van der Waals surface area (Å²) in [5.74, 6) is -0.818. The molecule has 3 N–H and O–H groups in total. The van der Waals surface area contributed by atoms with E-state index in [2.05, 4.69) is 10.0 Å². The summed E-state index contributed by atoms with van der Waals surface area (Å²) in [6, 6.07) is 3.02. The molecule has 1 aromatic rings. The van der Waals surface area contributed by atoms with E-state index in [-0.39, 0.29) is 9.96 Å². The summed E-state index contributed by atoms with van der Waals surface area (Å²) in [4.78, 5) is 23.1. The van der Waals surface area contributed by atoms with Crippen LogP contribution >= 0.6 is 23.1 Å². The Kier molecular flexibility index (Phi) is 4.91. The van der Waals surface area contributed by atoms with Crippen molar-refractivity contribution in [1.29, 1.82) is 0 Å². The molecular formula is C11H14N2O5S3. The van der Waals surface area contributed by atoms with Crippen molar-refractivity contribution < 1.29 is 23.1 Å². The smallest absolute Gasteiger partial charge is 0.330 e. The van der Waals surface area contributed by atoms with Crippen LogP contribution in [0.25, 0.3) is 0 Å². The lowest BCUT2D eigenvalue weighted by Gasteiger charge is -2.24. The Morgan fingerprint density at radius 2 is 2.19 bits per heavy atom. The second kappa shape index (κ2) is 6.34. The molecule has 2 rings (SSSR count). The third kappa shape index (κ3) is 3.76. The van der Waals surface area contributed by atoms with Gasteiger partial charge in [-0.3, -0.25) is 4.79 Å². The lowest BCUT2D eigenvalue weighted by atomic mass is 9.99.